The molecule has 2 heterocycles. The van der Waals surface area contributed by atoms with Crippen LogP contribution in [0.1, 0.15) is 12.0 Å². The number of amidine groups is 1. The van der Waals surface area contributed by atoms with Gasteiger partial charge in [-0.15, -0.1) is 0 Å². The van der Waals surface area contributed by atoms with E-state index >= 15 is 0 Å². The van der Waals surface area contributed by atoms with Crippen molar-refractivity contribution in [1.82, 2.24) is 4.90 Å². The Morgan fingerprint density at radius 2 is 2.00 bits per heavy atom. The van der Waals surface area contributed by atoms with Crippen molar-refractivity contribution >= 4 is 44.6 Å². The number of nitrogens with zero attached hydrogens (tertiary/aromatic N) is 2. The summed E-state index contributed by atoms with van der Waals surface area (Å²) in [7, 11) is -2.96. The minimum absolute atomic E-state index is 0.159. The quantitative estimate of drug-likeness (QED) is 0.739. The Balaban J connectivity index is 2.03. The maximum atomic E-state index is 11.7. The molecule has 1 fully saturated rings. The molecule has 0 amide bonds. The van der Waals surface area contributed by atoms with Gasteiger partial charge in [-0.3, -0.25) is 0 Å². The van der Waals surface area contributed by atoms with Gasteiger partial charge in [-0.1, -0.05) is 23.2 Å². The SMILES string of the molecule is O=S1(=O)CCC2=Nc3cc(Cl)cc(Cl)c3CN2CC1. The van der Waals surface area contributed by atoms with Gasteiger partial charge in [-0.25, -0.2) is 13.4 Å². The van der Waals surface area contributed by atoms with E-state index < -0.39 is 9.84 Å². The molecule has 0 saturated carbocycles. The highest BCUT2D eigenvalue weighted by atomic mass is 35.5. The van der Waals surface area contributed by atoms with Crippen LogP contribution in [-0.4, -0.2) is 37.2 Å². The van der Waals surface area contributed by atoms with Crippen LogP contribution in [0.4, 0.5) is 5.69 Å². The summed E-state index contributed by atoms with van der Waals surface area (Å²) >= 11 is 12.1. The predicted octanol–water partition coefficient (Wildman–Crippen LogP) is 2.66. The van der Waals surface area contributed by atoms with Crippen molar-refractivity contribution in [2.45, 2.75) is 13.0 Å². The lowest BCUT2D eigenvalue weighted by atomic mass is 10.1. The van der Waals surface area contributed by atoms with Crippen LogP contribution < -0.4 is 0 Å². The van der Waals surface area contributed by atoms with Gasteiger partial charge >= 0.3 is 0 Å². The number of hydrogen-bond acceptors (Lipinski definition) is 4. The Morgan fingerprint density at radius 1 is 1.21 bits per heavy atom. The smallest absolute Gasteiger partial charge is 0.152 e. The van der Waals surface area contributed by atoms with E-state index in [2.05, 4.69) is 4.99 Å². The highest BCUT2D eigenvalue weighted by Crippen LogP contribution is 2.36. The summed E-state index contributed by atoms with van der Waals surface area (Å²) in [5.74, 6) is 1.14. The minimum atomic E-state index is -2.96. The van der Waals surface area contributed by atoms with E-state index in [1.807, 2.05) is 4.90 Å². The lowest BCUT2D eigenvalue weighted by molar-refractivity contribution is 0.426. The fourth-order valence-electron chi connectivity index (χ4n) is 2.36. The highest BCUT2D eigenvalue weighted by Gasteiger charge is 2.27. The van der Waals surface area contributed by atoms with Crippen LogP contribution in [0.25, 0.3) is 0 Å². The first-order chi connectivity index (χ1) is 8.94. The Kier molecular flexibility index (Phi) is 3.23. The highest BCUT2D eigenvalue weighted by molar-refractivity contribution is 7.91. The second kappa shape index (κ2) is 4.65. The fourth-order valence-corrected chi connectivity index (χ4v) is 4.10. The third-order valence-corrected chi connectivity index (χ3v) is 5.60. The van der Waals surface area contributed by atoms with E-state index in [0.717, 1.165) is 17.1 Å². The van der Waals surface area contributed by atoms with Crippen molar-refractivity contribution in [3.63, 3.8) is 0 Å². The molecule has 0 bridgehead atoms. The zero-order valence-electron chi connectivity index (χ0n) is 10.1. The second-order valence-electron chi connectivity index (χ2n) is 4.74. The molecule has 19 heavy (non-hydrogen) atoms. The molecule has 1 aromatic rings. The van der Waals surface area contributed by atoms with Gasteiger partial charge < -0.3 is 4.90 Å². The molecule has 0 aromatic heterocycles. The van der Waals surface area contributed by atoms with Gasteiger partial charge in [-0.05, 0) is 12.1 Å². The molecule has 7 heteroatoms. The molecule has 3 rings (SSSR count). The number of hydrogen-bond donors (Lipinski definition) is 0. The molecule has 0 spiro atoms. The molecular weight excluding hydrogens is 307 g/mol. The zero-order chi connectivity index (χ0) is 13.6. The maximum Gasteiger partial charge on any atom is 0.152 e. The standard InChI is InChI=1S/C12H12Cl2N2O2S/c13-8-5-10(14)9-7-16-2-4-19(17,18)3-1-12(16)15-11(9)6-8/h5-6H,1-4,7H2. The van der Waals surface area contributed by atoms with Crippen LogP contribution in [0.2, 0.25) is 10.0 Å². The first kappa shape index (κ1) is 13.2. The van der Waals surface area contributed by atoms with Crippen LogP contribution in [0.3, 0.4) is 0 Å². The second-order valence-corrected chi connectivity index (χ2v) is 7.88. The molecular formula is C12H12Cl2N2O2S. The van der Waals surface area contributed by atoms with Crippen LogP contribution in [0.5, 0.6) is 0 Å². The van der Waals surface area contributed by atoms with E-state index in [9.17, 15) is 8.42 Å². The van der Waals surface area contributed by atoms with Gasteiger partial charge in [0.15, 0.2) is 9.84 Å². The molecule has 0 unspecified atom stereocenters. The topological polar surface area (TPSA) is 49.7 Å². The van der Waals surface area contributed by atoms with Crippen LogP contribution in [-0.2, 0) is 16.4 Å². The molecule has 102 valence electrons. The Morgan fingerprint density at radius 3 is 2.79 bits per heavy atom. The maximum absolute atomic E-state index is 11.7. The molecule has 2 aliphatic heterocycles. The number of rotatable bonds is 0. The Labute approximate surface area is 121 Å². The normalized spacial score (nSPS) is 21.2. The van der Waals surface area contributed by atoms with Gasteiger partial charge in [0.2, 0.25) is 0 Å². The van der Waals surface area contributed by atoms with Gasteiger partial charge in [0, 0.05) is 35.1 Å². The molecule has 4 nitrogen and oxygen atoms in total. The molecule has 0 radical (unpaired) electrons. The van der Waals surface area contributed by atoms with Gasteiger partial charge in [0.05, 0.1) is 17.2 Å². The van der Waals surface area contributed by atoms with Crippen molar-refractivity contribution in [1.29, 1.82) is 0 Å². The average molecular weight is 319 g/mol. The first-order valence-electron chi connectivity index (χ1n) is 5.95. The van der Waals surface area contributed by atoms with Crippen LogP contribution >= 0.6 is 23.2 Å². The number of fused-ring (bicyclic) bond motifs is 2. The monoisotopic (exact) mass is 318 g/mol. The molecule has 1 saturated heterocycles. The van der Waals surface area contributed by atoms with Crippen LogP contribution in [0, 0.1) is 0 Å². The Hall–Kier alpha value is -0.780. The van der Waals surface area contributed by atoms with Crippen molar-refractivity contribution in [2.24, 2.45) is 4.99 Å². The number of halogens is 2. The van der Waals surface area contributed by atoms with Crippen molar-refractivity contribution < 1.29 is 8.42 Å². The van der Waals surface area contributed by atoms with Crippen molar-refractivity contribution in [2.75, 3.05) is 18.1 Å². The number of sulfone groups is 1. The molecule has 0 aliphatic carbocycles. The zero-order valence-corrected chi connectivity index (χ0v) is 12.4. The number of aliphatic imine (C=N–C) groups is 1. The van der Waals surface area contributed by atoms with Crippen molar-refractivity contribution in [3.05, 3.63) is 27.7 Å². The van der Waals surface area contributed by atoms with Crippen LogP contribution in [0.15, 0.2) is 17.1 Å². The molecule has 1 aromatic carbocycles. The lowest BCUT2D eigenvalue weighted by Crippen LogP contribution is -2.33. The lowest BCUT2D eigenvalue weighted by Gasteiger charge is -2.29. The Bertz CT molecular complexity index is 671. The first-order valence-corrected chi connectivity index (χ1v) is 8.53. The molecule has 0 atom stereocenters. The van der Waals surface area contributed by atoms with E-state index in [-0.39, 0.29) is 11.5 Å². The van der Waals surface area contributed by atoms with Gasteiger partial charge in [-0.2, -0.15) is 0 Å². The third-order valence-electron chi connectivity index (χ3n) is 3.41. The summed E-state index contributed by atoms with van der Waals surface area (Å²) in [5.41, 5.74) is 1.66. The van der Waals surface area contributed by atoms with Gasteiger partial charge in [0.25, 0.3) is 0 Å². The summed E-state index contributed by atoms with van der Waals surface area (Å²) in [6.07, 6.45) is 0.450. The summed E-state index contributed by atoms with van der Waals surface area (Å²) in [6, 6.07) is 3.46. The summed E-state index contributed by atoms with van der Waals surface area (Å²) in [5, 5.41) is 1.13. The van der Waals surface area contributed by atoms with Gasteiger partial charge in [0.1, 0.15) is 5.84 Å². The fraction of sp³-hybridized carbons (Fsp3) is 0.417. The van der Waals surface area contributed by atoms with E-state index in [4.69, 9.17) is 23.2 Å². The summed E-state index contributed by atoms with van der Waals surface area (Å²) < 4.78 is 23.4. The third kappa shape index (κ3) is 2.59. The van der Waals surface area contributed by atoms with E-state index in [1.165, 1.54) is 0 Å². The summed E-state index contributed by atoms with van der Waals surface area (Å²) in [4.78, 5) is 6.52. The molecule has 0 N–H and O–H groups in total. The van der Waals surface area contributed by atoms with E-state index in [0.29, 0.717) is 29.6 Å². The minimum Gasteiger partial charge on any atom is -0.355 e. The van der Waals surface area contributed by atoms with Crippen molar-refractivity contribution in [3.8, 4) is 0 Å². The largest absolute Gasteiger partial charge is 0.355 e. The number of benzene rings is 1. The predicted molar refractivity (Wildman–Crippen MR) is 77.2 cm³/mol. The average Bonchev–Trinajstić information content (AvgIpc) is 2.47. The summed E-state index contributed by atoms with van der Waals surface area (Å²) in [6.45, 7) is 1.07. The van der Waals surface area contributed by atoms with E-state index in [1.54, 1.807) is 12.1 Å². The molecule has 2 aliphatic rings.